The number of ether oxygens (including phenoxy) is 2. The van der Waals surface area contributed by atoms with E-state index in [2.05, 4.69) is 26.2 Å². The van der Waals surface area contributed by atoms with Crippen LogP contribution in [0, 0.1) is 5.92 Å². The van der Waals surface area contributed by atoms with E-state index in [9.17, 15) is 15.3 Å². The molecule has 2 aromatic carbocycles. The average molecular weight is 527 g/mol. The van der Waals surface area contributed by atoms with Crippen LogP contribution in [0.4, 0.5) is 0 Å². The van der Waals surface area contributed by atoms with Crippen LogP contribution in [0.2, 0.25) is 0 Å². The Bertz CT molecular complexity index is 1160. The molecule has 178 valence electrons. The molecule has 34 heavy (non-hydrogen) atoms. The smallest absolute Gasteiger partial charge is 0.177 e. The first-order valence-electron chi connectivity index (χ1n) is 11.2. The first-order chi connectivity index (χ1) is 16.5. The SMILES string of the molecule is COc1cncc2c1C1(O)[C@H](O)C(CNCCO)C(c3ccccc3)C1(c1ccc(Br)cc1)O2. The molecule has 0 amide bonds. The maximum Gasteiger partial charge on any atom is 0.177 e. The molecule has 8 heteroatoms. The minimum atomic E-state index is -1.82. The number of pyridine rings is 1. The third-order valence-corrected chi connectivity index (χ3v) is 7.64. The maximum absolute atomic E-state index is 12.6. The third kappa shape index (κ3) is 3.21. The summed E-state index contributed by atoms with van der Waals surface area (Å²) in [7, 11) is 1.51. The van der Waals surface area contributed by atoms with Gasteiger partial charge in [0.15, 0.2) is 11.2 Å². The summed E-state index contributed by atoms with van der Waals surface area (Å²) in [6, 6.07) is 17.4. The van der Waals surface area contributed by atoms with Crippen LogP contribution < -0.4 is 14.8 Å². The number of hydrogen-bond acceptors (Lipinski definition) is 7. The molecule has 1 aliphatic heterocycles. The number of rotatable bonds is 7. The number of halogens is 1. The van der Waals surface area contributed by atoms with E-state index >= 15 is 0 Å². The van der Waals surface area contributed by atoms with Crippen LogP contribution in [0.1, 0.15) is 22.6 Å². The van der Waals surface area contributed by atoms with Crippen molar-refractivity contribution in [1.82, 2.24) is 10.3 Å². The van der Waals surface area contributed by atoms with E-state index in [0.717, 1.165) is 15.6 Å². The van der Waals surface area contributed by atoms with Crippen LogP contribution in [0.5, 0.6) is 11.5 Å². The van der Waals surface area contributed by atoms with Gasteiger partial charge in [0, 0.05) is 29.4 Å². The predicted molar refractivity (Wildman–Crippen MR) is 130 cm³/mol. The standard InChI is InChI=1S/C26H27BrN2O5/c1-33-20-14-29-15-21-23(20)25(32)24(31)19(13-28-11-12-30)22(16-5-3-2-4-6-16)26(25,34-21)17-7-9-18(27)10-8-17/h2-10,14-15,19,22,24,28,30-32H,11-13H2,1H3/t19?,22?,24-,25?,26?/m1/s1. The minimum Gasteiger partial charge on any atom is -0.495 e. The van der Waals surface area contributed by atoms with Gasteiger partial charge in [0.1, 0.15) is 11.5 Å². The van der Waals surface area contributed by atoms with Gasteiger partial charge in [0.05, 0.1) is 37.8 Å². The molecule has 5 atom stereocenters. The zero-order valence-electron chi connectivity index (χ0n) is 18.7. The number of hydrogen-bond donors (Lipinski definition) is 4. The Morgan fingerprint density at radius 3 is 2.53 bits per heavy atom. The minimum absolute atomic E-state index is 0.0280. The van der Waals surface area contributed by atoms with E-state index in [1.54, 1.807) is 6.20 Å². The lowest BCUT2D eigenvalue weighted by Crippen LogP contribution is -2.52. The molecule has 4 N–H and O–H groups in total. The summed E-state index contributed by atoms with van der Waals surface area (Å²) in [5.74, 6) is -0.132. The lowest BCUT2D eigenvalue weighted by Gasteiger charge is -2.41. The van der Waals surface area contributed by atoms with Gasteiger partial charge < -0.3 is 30.1 Å². The average Bonchev–Trinajstić information content (AvgIpc) is 3.23. The number of methoxy groups -OCH3 is 1. The molecule has 7 nitrogen and oxygen atoms in total. The molecule has 4 unspecified atom stereocenters. The van der Waals surface area contributed by atoms with Gasteiger partial charge in [-0.05, 0) is 23.3 Å². The normalized spacial score (nSPS) is 29.4. The largest absolute Gasteiger partial charge is 0.495 e. The van der Waals surface area contributed by atoms with E-state index in [1.807, 2.05) is 54.6 Å². The van der Waals surface area contributed by atoms with Crippen molar-refractivity contribution in [2.45, 2.75) is 23.2 Å². The summed E-state index contributed by atoms with van der Waals surface area (Å²) in [4.78, 5) is 4.24. The molecule has 1 aromatic heterocycles. The van der Waals surface area contributed by atoms with Crippen LogP contribution in [-0.4, -0.2) is 53.2 Å². The second-order valence-corrected chi connectivity index (χ2v) is 9.67. The Balaban J connectivity index is 1.80. The summed E-state index contributed by atoms with van der Waals surface area (Å²) >= 11 is 3.50. The van der Waals surface area contributed by atoms with Crippen molar-refractivity contribution in [2.75, 3.05) is 26.8 Å². The Morgan fingerprint density at radius 2 is 1.85 bits per heavy atom. The van der Waals surface area contributed by atoms with Gasteiger partial charge in [0.2, 0.25) is 0 Å². The van der Waals surface area contributed by atoms with Crippen molar-refractivity contribution < 1.29 is 24.8 Å². The highest BCUT2D eigenvalue weighted by Crippen LogP contribution is 2.69. The summed E-state index contributed by atoms with van der Waals surface area (Å²) in [5.41, 5.74) is -1.12. The van der Waals surface area contributed by atoms with Crippen LogP contribution >= 0.6 is 15.9 Å². The van der Waals surface area contributed by atoms with Gasteiger partial charge in [-0.25, -0.2) is 0 Å². The number of aliphatic hydroxyl groups is 3. The number of nitrogens with one attached hydrogen (secondary N) is 1. The van der Waals surface area contributed by atoms with Crippen molar-refractivity contribution >= 4 is 15.9 Å². The Morgan fingerprint density at radius 1 is 1.12 bits per heavy atom. The highest BCUT2D eigenvalue weighted by atomic mass is 79.9. The molecule has 2 heterocycles. The van der Waals surface area contributed by atoms with E-state index in [1.165, 1.54) is 13.3 Å². The quantitative estimate of drug-likeness (QED) is 0.351. The van der Waals surface area contributed by atoms with Crippen LogP contribution in [0.25, 0.3) is 0 Å². The second kappa shape index (κ2) is 8.94. The molecule has 1 aliphatic carbocycles. The van der Waals surface area contributed by atoms with Gasteiger partial charge in [-0.2, -0.15) is 0 Å². The number of aliphatic hydroxyl groups excluding tert-OH is 2. The van der Waals surface area contributed by atoms with E-state index in [-0.39, 0.29) is 6.61 Å². The van der Waals surface area contributed by atoms with Crippen LogP contribution in [0.15, 0.2) is 71.5 Å². The summed E-state index contributed by atoms with van der Waals surface area (Å²) in [6.07, 6.45) is 1.88. The number of aromatic nitrogens is 1. The van der Waals surface area contributed by atoms with Crippen molar-refractivity contribution in [3.05, 3.63) is 88.2 Å². The van der Waals surface area contributed by atoms with E-state index < -0.39 is 29.1 Å². The molecule has 1 fully saturated rings. The van der Waals surface area contributed by atoms with Crippen LogP contribution in [0.3, 0.4) is 0 Å². The molecule has 0 spiro atoms. The molecular weight excluding hydrogens is 500 g/mol. The third-order valence-electron chi connectivity index (χ3n) is 7.11. The fourth-order valence-corrected chi connectivity index (χ4v) is 6.07. The van der Waals surface area contributed by atoms with Crippen molar-refractivity contribution in [3.63, 3.8) is 0 Å². The van der Waals surface area contributed by atoms with Crippen molar-refractivity contribution in [3.8, 4) is 11.5 Å². The molecule has 5 rings (SSSR count). The Kier molecular flexibility index (Phi) is 6.12. The van der Waals surface area contributed by atoms with Gasteiger partial charge in [-0.1, -0.05) is 58.4 Å². The zero-order valence-corrected chi connectivity index (χ0v) is 20.3. The molecule has 0 saturated heterocycles. The van der Waals surface area contributed by atoms with Crippen molar-refractivity contribution in [2.24, 2.45) is 5.92 Å². The lowest BCUT2D eigenvalue weighted by molar-refractivity contribution is -0.152. The number of nitrogens with zero attached hydrogens (tertiary/aromatic N) is 1. The summed E-state index contributed by atoms with van der Waals surface area (Å²) in [6.45, 7) is 0.715. The lowest BCUT2D eigenvalue weighted by atomic mass is 9.70. The zero-order chi connectivity index (χ0) is 23.9. The Labute approximate surface area is 206 Å². The maximum atomic E-state index is 12.6. The monoisotopic (exact) mass is 526 g/mol. The van der Waals surface area contributed by atoms with E-state index in [0.29, 0.717) is 30.2 Å². The highest BCUT2D eigenvalue weighted by Gasteiger charge is 2.76. The summed E-state index contributed by atoms with van der Waals surface area (Å²) in [5, 5.41) is 37.0. The molecular formula is C26H27BrN2O5. The van der Waals surface area contributed by atoms with Gasteiger partial charge in [-0.3, -0.25) is 4.98 Å². The topological polar surface area (TPSA) is 104 Å². The van der Waals surface area contributed by atoms with Gasteiger partial charge >= 0.3 is 0 Å². The van der Waals surface area contributed by atoms with Gasteiger partial charge in [-0.15, -0.1) is 0 Å². The predicted octanol–water partition coefficient (Wildman–Crippen LogP) is 2.68. The Hall–Kier alpha value is -2.49. The van der Waals surface area contributed by atoms with E-state index in [4.69, 9.17) is 9.47 Å². The second-order valence-electron chi connectivity index (χ2n) is 8.75. The molecule has 0 bridgehead atoms. The van der Waals surface area contributed by atoms with Crippen molar-refractivity contribution in [1.29, 1.82) is 0 Å². The fourth-order valence-electron chi connectivity index (χ4n) is 5.81. The highest BCUT2D eigenvalue weighted by molar-refractivity contribution is 9.10. The molecule has 2 aliphatic rings. The molecule has 0 radical (unpaired) electrons. The number of benzene rings is 2. The first-order valence-corrected chi connectivity index (χ1v) is 12.0. The molecule has 1 saturated carbocycles. The summed E-state index contributed by atoms with van der Waals surface area (Å²) < 4.78 is 13.2. The fraction of sp³-hybridized carbons (Fsp3) is 0.346. The van der Waals surface area contributed by atoms with Gasteiger partial charge in [0.25, 0.3) is 0 Å². The molecule has 3 aromatic rings. The van der Waals surface area contributed by atoms with Crippen LogP contribution in [-0.2, 0) is 11.2 Å². The first kappa shape index (κ1) is 23.3. The number of fused-ring (bicyclic) bond motifs is 3.